The van der Waals surface area contributed by atoms with E-state index in [4.69, 9.17) is 20.5 Å². The van der Waals surface area contributed by atoms with Gasteiger partial charge < -0.3 is 9.30 Å². The minimum Gasteiger partial charge on any atom is -0.351 e. The van der Waals surface area contributed by atoms with Crippen LogP contribution in [0.25, 0.3) is 21.8 Å². The molecule has 3 nitrogen and oxygen atoms in total. The molecule has 0 saturated carbocycles. The number of para-hydroxylation sites is 2. The van der Waals surface area contributed by atoms with Gasteiger partial charge in [-0.1, -0.05) is 66.7 Å². The molecular weight excluding hydrogens is 425 g/mol. The Balaban J connectivity index is 1.84. The molecule has 3 aromatic carbocycles. The number of benzene rings is 3. The monoisotopic (exact) mass is 448 g/mol. The quantitative estimate of drug-likeness (QED) is 0.319. The van der Waals surface area contributed by atoms with Crippen LogP contribution in [0.15, 0.2) is 103 Å². The molecule has 0 radical (unpaired) electrons. The highest BCUT2D eigenvalue weighted by Gasteiger charge is 2.60. The van der Waals surface area contributed by atoms with Gasteiger partial charge in [0.05, 0.1) is 18.1 Å². The number of nitrogens with zero attached hydrogens (tertiary/aromatic N) is 1. The first-order valence-corrected chi connectivity index (χ1v) is 12.9. The third-order valence-corrected chi connectivity index (χ3v) is 10.6. The fourth-order valence-electron chi connectivity index (χ4n) is 4.74. The van der Waals surface area contributed by atoms with Gasteiger partial charge in [0.2, 0.25) is 5.72 Å². The summed E-state index contributed by atoms with van der Waals surface area (Å²) in [6, 6.07) is 27.0. The lowest BCUT2D eigenvalue weighted by Crippen LogP contribution is -2.47. The summed E-state index contributed by atoms with van der Waals surface area (Å²) in [4.78, 5) is 0. The van der Waals surface area contributed by atoms with Gasteiger partial charge in [-0.25, -0.2) is 4.52 Å². The van der Waals surface area contributed by atoms with Crippen LogP contribution in [0.1, 0.15) is 0 Å². The topological polar surface area (TPSA) is 23.4 Å². The molecule has 3 atom stereocenters. The lowest BCUT2D eigenvalue weighted by atomic mass is 10.0. The predicted octanol–water partition coefficient (Wildman–Crippen LogP) is 6.65. The molecule has 4 aromatic rings. The summed E-state index contributed by atoms with van der Waals surface area (Å²) in [5, 5.41) is 3.37. The van der Waals surface area contributed by atoms with Crippen LogP contribution in [0.2, 0.25) is 0 Å². The maximum atomic E-state index is 7.42. The van der Waals surface area contributed by atoms with Crippen molar-refractivity contribution >= 4 is 45.2 Å². The Morgan fingerprint density at radius 3 is 1.97 bits per heavy atom. The van der Waals surface area contributed by atoms with Gasteiger partial charge in [-0.2, -0.15) is 0 Å². The Kier molecular flexibility index (Phi) is 5.24. The molecule has 0 fully saturated rings. The number of ether oxygens (including phenoxy) is 1. The number of halogens is 1. The predicted molar refractivity (Wildman–Crippen MR) is 132 cm³/mol. The van der Waals surface area contributed by atoms with Crippen LogP contribution in [-0.2, 0) is 15.0 Å². The number of rotatable bonds is 5. The molecule has 0 saturated heterocycles. The molecule has 0 bridgehead atoms. The normalized spacial score (nSPS) is 22.7. The van der Waals surface area contributed by atoms with Crippen LogP contribution >= 0.6 is 18.1 Å². The first-order valence-electron chi connectivity index (χ1n) is 10.3. The maximum absolute atomic E-state index is 7.42. The number of hydrogen-bond donors (Lipinski definition) is 0. The van der Waals surface area contributed by atoms with E-state index in [-0.39, 0.29) is 5.66 Å². The summed E-state index contributed by atoms with van der Waals surface area (Å²) < 4.78 is 14.8. The highest BCUT2D eigenvalue weighted by atomic mass is 35.7. The van der Waals surface area contributed by atoms with Crippen molar-refractivity contribution in [1.29, 1.82) is 0 Å². The Bertz CT molecular complexity index is 1250. The first kappa shape index (κ1) is 20.5. The first-order chi connectivity index (χ1) is 15.2. The Morgan fingerprint density at radius 2 is 1.39 bits per heavy atom. The zero-order chi connectivity index (χ0) is 21.5. The average molecular weight is 449 g/mol. The summed E-state index contributed by atoms with van der Waals surface area (Å²) in [5.74, 6) is 0. The van der Waals surface area contributed by atoms with E-state index in [2.05, 4.69) is 65.3 Å². The second-order valence-corrected chi connectivity index (χ2v) is 11.7. The van der Waals surface area contributed by atoms with E-state index >= 15 is 0 Å². The number of methoxy groups -OCH3 is 1. The van der Waals surface area contributed by atoms with Crippen LogP contribution in [0.3, 0.4) is 0 Å². The summed E-state index contributed by atoms with van der Waals surface area (Å²) in [5.41, 5.74) is 1.12. The number of aromatic nitrogens is 1. The highest BCUT2D eigenvalue weighted by Crippen LogP contribution is 2.71. The third-order valence-electron chi connectivity index (χ3n) is 6.15. The number of hydrogen-bond acceptors (Lipinski definition) is 2. The average Bonchev–Trinajstić information content (AvgIpc) is 3.19. The van der Waals surface area contributed by atoms with Crippen LogP contribution in [-0.4, -0.2) is 24.4 Å². The van der Waals surface area contributed by atoms with Gasteiger partial charge in [0.1, 0.15) is 16.5 Å². The molecule has 3 unspecified atom stereocenters. The SMILES string of the molecule is COC1(n2c3ccccc3c3ccccc32)C=CC=CC1[P+](Cl)(OC)c1ccccc1. The van der Waals surface area contributed by atoms with Crippen LogP contribution in [0.5, 0.6) is 0 Å². The second kappa shape index (κ2) is 7.93. The Hall–Kier alpha value is -2.42. The van der Waals surface area contributed by atoms with E-state index in [0.717, 1.165) is 16.3 Å². The summed E-state index contributed by atoms with van der Waals surface area (Å²) in [6.45, 7) is -2.62. The van der Waals surface area contributed by atoms with Crippen molar-refractivity contribution in [2.75, 3.05) is 14.2 Å². The van der Waals surface area contributed by atoms with E-state index in [1.165, 1.54) is 10.8 Å². The van der Waals surface area contributed by atoms with Gasteiger partial charge >= 0.3 is 0 Å². The fraction of sp³-hybridized carbons (Fsp3) is 0.154. The van der Waals surface area contributed by atoms with Gasteiger partial charge in [-0.05, 0) is 36.4 Å². The maximum Gasteiger partial charge on any atom is 0.286 e. The van der Waals surface area contributed by atoms with Gasteiger partial charge in [0.25, 0.3) is 6.84 Å². The summed E-state index contributed by atoms with van der Waals surface area (Å²) >= 11 is 7.42. The van der Waals surface area contributed by atoms with E-state index < -0.39 is 12.6 Å². The summed E-state index contributed by atoms with van der Waals surface area (Å²) in [6.07, 6.45) is 8.31. The lowest BCUT2D eigenvalue weighted by molar-refractivity contribution is -0.0238. The standard InChI is InChI=1S/C26H24ClNO2P/c1-29-26(28-23-16-8-6-14-21(23)22-15-7-9-17-24(22)28)19-11-10-18-25(26)31(27,30-2)20-12-4-3-5-13-20/h3-19,25H,1-2H3/q+1. The van der Waals surface area contributed by atoms with Crippen molar-refractivity contribution in [3.05, 3.63) is 103 Å². The molecule has 5 heteroatoms. The van der Waals surface area contributed by atoms with Gasteiger partial charge in [-0.3, -0.25) is 0 Å². The molecule has 1 aromatic heterocycles. The molecule has 5 rings (SSSR count). The van der Waals surface area contributed by atoms with Crippen LogP contribution < -0.4 is 5.30 Å². The van der Waals surface area contributed by atoms with Crippen molar-refractivity contribution in [3.8, 4) is 0 Å². The molecule has 31 heavy (non-hydrogen) atoms. The minimum absolute atomic E-state index is 0.233. The van der Waals surface area contributed by atoms with E-state index in [1.54, 1.807) is 14.2 Å². The molecule has 0 aliphatic heterocycles. The molecule has 0 spiro atoms. The molecule has 0 N–H and O–H groups in total. The smallest absolute Gasteiger partial charge is 0.286 e. The van der Waals surface area contributed by atoms with E-state index in [0.29, 0.717) is 0 Å². The minimum atomic E-state index is -2.62. The van der Waals surface area contributed by atoms with Gasteiger partial charge in [-0.15, -0.1) is 0 Å². The van der Waals surface area contributed by atoms with Crippen molar-refractivity contribution in [2.24, 2.45) is 0 Å². The van der Waals surface area contributed by atoms with Crippen molar-refractivity contribution in [2.45, 2.75) is 11.4 Å². The molecule has 1 heterocycles. The second-order valence-electron chi connectivity index (χ2n) is 7.61. The highest BCUT2D eigenvalue weighted by molar-refractivity contribution is 8.01. The third kappa shape index (κ3) is 3.00. The number of allylic oxidation sites excluding steroid dienone is 2. The van der Waals surface area contributed by atoms with Crippen molar-refractivity contribution in [3.63, 3.8) is 0 Å². The largest absolute Gasteiger partial charge is 0.351 e. The Morgan fingerprint density at radius 1 is 0.806 bits per heavy atom. The van der Waals surface area contributed by atoms with Crippen LogP contribution in [0, 0.1) is 0 Å². The lowest BCUT2D eigenvalue weighted by Gasteiger charge is -2.40. The molecule has 1 aliphatic rings. The Labute approximate surface area is 187 Å². The fourth-order valence-corrected chi connectivity index (χ4v) is 8.14. The zero-order valence-electron chi connectivity index (χ0n) is 17.5. The van der Waals surface area contributed by atoms with Gasteiger partial charge in [0, 0.05) is 17.9 Å². The molecule has 0 amide bonds. The van der Waals surface area contributed by atoms with Crippen molar-refractivity contribution < 1.29 is 9.26 Å². The van der Waals surface area contributed by atoms with E-state index in [9.17, 15) is 0 Å². The van der Waals surface area contributed by atoms with Crippen molar-refractivity contribution in [1.82, 2.24) is 4.57 Å². The summed E-state index contributed by atoms with van der Waals surface area (Å²) in [7, 11) is 3.45. The number of fused-ring (bicyclic) bond motifs is 3. The zero-order valence-corrected chi connectivity index (χ0v) is 19.1. The van der Waals surface area contributed by atoms with Gasteiger partial charge in [0.15, 0.2) is 5.66 Å². The molecular formula is C26H24ClNO2P+. The molecule has 1 aliphatic carbocycles. The molecule has 156 valence electrons. The van der Waals surface area contributed by atoms with Crippen LogP contribution in [0.4, 0.5) is 0 Å². The van der Waals surface area contributed by atoms with E-state index in [1.807, 2.05) is 42.5 Å².